The third-order valence-electron chi connectivity index (χ3n) is 4.04. The number of para-hydroxylation sites is 1. The minimum atomic E-state index is -0.391. The molecule has 0 fully saturated rings. The van der Waals surface area contributed by atoms with Crippen LogP contribution >= 0.6 is 0 Å². The van der Waals surface area contributed by atoms with Crippen LogP contribution in [-0.2, 0) is 0 Å². The van der Waals surface area contributed by atoms with E-state index in [1.807, 2.05) is 0 Å². The molecule has 0 saturated carbocycles. The van der Waals surface area contributed by atoms with Gasteiger partial charge in [0.05, 0.1) is 10.9 Å². The van der Waals surface area contributed by atoms with Crippen molar-refractivity contribution in [1.29, 1.82) is 0 Å². The maximum atomic E-state index is 13.3. The van der Waals surface area contributed by atoms with E-state index in [1.165, 1.54) is 36.4 Å². The Morgan fingerprint density at radius 2 is 1.24 bits per heavy atom. The van der Waals surface area contributed by atoms with Crippen LogP contribution in [0.2, 0.25) is 0 Å². The van der Waals surface area contributed by atoms with Gasteiger partial charge in [-0.25, -0.2) is 8.78 Å². The van der Waals surface area contributed by atoms with Crippen LogP contribution in [-0.4, -0.2) is 0 Å². The molecule has 0 saturated heterocycles. The second-order valence-electron chi connectivity index (χ2n) is 5.65. The molecule has 0 aliphatic rings. The molecule has 122 valence electrons. The van der Waals surface area contributed by atoms with Gasteiger partial charge >= 0.3 is 0 Å². The maximum absolute atomic E-state index is 13.3. The molecule has 0 unspecified atom stereocenters. The lowest BCUT2D eigenvalue weighted by molar-refractivity contribution is 0.616. The van der Waals surface area contributed by atoms with Crippen LogP contribution in [0.1, 0.15) is 0 Å². The summed E-state index contributed by atoms with van der Waals surface area (Å²) in [7, 11) is 0. The van der Waals surface area contributed by atoms with Crippen molar-refractivity contribution in [2.24, 2.45) is 0 Å². The van der Waals surface area contributed by atoms with E-state index in [-0.39, 0.29) is 11.2 Å². The van der Waals surface area contributed by atoms with Crippen LogP contribution in [0.3, 0.4) is 0 Å². The molecule has 0 bridgehead atoms. The first-order chi connectivity index (χ1) is 12.1. The fourth-order valence-electron chi connectivity index (χ4n) is 2.83. The number of hydrogen-bond acceptors (Lipinski definition) is 2. The molecular weight excluding hydrogens is 322 g/mol. The van der Waals surface area contributed by atoms with Crippen LogP contribution in [0.4, 0.5) is 8.78 Å². The van der Waals surface area contributed by atoms with E-state index < -0.39 is 5.82 Å². The molecule has 0 spiro atoms. The minimum absolute atomic E-state index is 0.215. The summed E-state index contributed by atoms with van der Waals surface area (Å²) in [5.41, 5.74) is 1.67. The van der Waals surface area contributed by atoms with Gasteiger partial charge in [-0.05, 0) is 54.1 Å². The third kappa shape index (κ3) is 2.72. The quantitative estimate of drug-likeness (QED) is 0.491. The van der Waals surface area contributed by atoms with E-state index >= 15 is 0 Å². The average Bonchev–Trinajstić information content (AvgIpc) is 2.63. The molecule has 3 aromatic carbocycles. The zero-order chi connectivity index (χ0) is 17.4. The van der Waals surface area contributed by atoms with Crippen molar-refractivity contribution >= 4 is 11.0 Å². The second kappa shape index (κ2) is 5.98. The van der Waals surface area contributed by atoms with Gasteiger partial charge in [0.25, 0.3) is 0 Å². The summed E-state index contributed by atoms with van der Waals surface area (Å²) in [4.78, 5) is 13.0. The summed E-state index contributed by atoms with van der Waals surface area (Å²) in [6, 6.07) is 18.3. The summed E-state index contributed by atoms with van der Waals surface area (Å²) in [6.45, 7) is 0. The maximum Gasteiger partial charge on any atom is 0.201 e. The first-order valence-corrected chi connectivity index (χ1v) is 7.71. The second-order valence-corrected chi connectivity index (χ2v) is 5.65. The van der Waals surface area contributed by atoms with E-state index in [1.54, 1.807) is 36.4 Å². The Labute approximate surface area is 142 Å². The Balaban J connectivity index is 2.09. The van der Waals surface area contributed by atoms with Crippen molar-refractivity contribution in [3.05, 3.63) is 94.7 Å². The molecule has 4 rings (SSSR count). The van der Waals surface area contributed by atoms with Gasteiger partial charge in [0.1, 0.15) is 23.0 Å². The van der Waals surface area contributed by atoms with Gasteiger partial charge in [-0.15, -0.1) is 0 Å². The standard InChI is InChI=1S/C21H12F2O2/c22-15-9-5-13(6-10-15)19-20(24)17-3-1-2-4-18(17)25-21(19)14-7-11-16(23)12-8-14/h1-12H. The number of rotatable bonds is 2. The van der Waals surface area contributed by atoms with E-state index in [2.05, 4.69) is 0 Å². The number of fused-ring (bicyclic) bond motifs is 1. The van der Waals surface area contributed by atoms with E-state index in [4.69, 9.17) is 4.42 Å². The highest BCUT2D eigenvalue weighted by molar-refractivity contribution is 5.89. The summed E-state index contributed by atoms with van der Waals surface area (Å²) in [5.74, 6) is -0.442. The predicted molar refractivity (Wildman–Crippen MR) is 93.3 cm³/mol. The monoisotopic (exact) mass is 334 g/mol. The molecule has 1 heterocycles. The molecule has 4 heteroatoms. The molecule has 0 radical (unpaired) electrons. The van der Waals surface area contributed by atoms with Gasteiger partial charge in [-0.1, -0.05) is 24.3 Å². The summed E-state index contributed by atoms with van der Waals surface area (Å²) < 4.78 is 32.5. The van der Waals surface area contributed by atoms with Crippen molar-refractivity contribution in [2.75, 3.05) is 0 Å². The van der Waals surface area contributed by atoms with Gasteiger partial charge in [0.15, 0.2) is 0 Å². The topological polar surface area (TPSA) is 30.2 Å². The fraction of sp³-hybridized carbons (Fsp3) is 0. The molecule has 0 amide bonds. The van der Waals surface area contributed by atoms with Crippen molar-refractivity contribution in [2.45, 2.75) is 0 Å². The Kier molecular flexibility index (Phi) is 3.65. The first-order valence-electron chi connectivity index (χ1n) is 7.71. The van der Waals surface area contributed by atoms with Crippen molar-refractivity contribution in [3.8, 4) is 22.5 Å². The Hall–Kier alpha value is -3.27. The van der Waals surface area contributed by atoms with Crippen LogP contribution < -0.4 is 5.43 Å². The molecule has 2 nitrogen and oxygen atoms in total. The highest BCUT2D eigenvalue weighted by Crippen LogP contribution is 2.32. The summed E-state index contributed by atoms with van der Waals surface area (Å²) in [5, 5.41) is 0.438. The Bertz CT molecular complexity index is 1110. The number of halogens is 2. The molecule has 4 aromatic rings. The highest BCUT2D eigenvalue weighted by atomic mass is 19.1. The Morgan fingerprint density at radius 3 is 1.88 bits per heavy atom. The normalized spacial score (nSPS) is 11.0. The highest BCUT2D eigenvalue weighted by Gasteiger charge is 2.17. The van der Waals surface area contributed by atoms with Crippen molar-refractivity contribution < 1.29 is 13.2 Å². The summed E-state index contributed by atoms with van der Waals surface area (Å²) in [6.07, 6.45) is 0. The van der Waals surface area contributed by atoms with Gasteiger partial charge < -0.3 is 4.42 Å². The predicted octanol–water partition coefficient (Wildman–Crippen LogP) is 5.41. The lowest BCUT2D eigenvalue weighted by Gasteiger charge is -2.10. The van der Waals surface area contributed by atoms with Crippen LogP contribution in [0.5, 0.6) is 0 Å². The van der Waals surface area contributed by atoms with Crippen LogP contribution in [0.25, 0.3) is 33.4 Å². The molecule has 0 aliphatic heterocycles. The summed E-state index contributed by atoms with van der Waals surface area (Å²) >= 11 is 0. The van der Waals surface area contributed by atoms with Gasteiger partial charge in [-0.2, -0.15) is 0 Å². The first kappa shape index (κ1) is 15.3. The number of hydrogen-bond donors (Lipinski definition) is 0. The minimum Gasteiger partial charge on any atom is -0.455 e. The average molecular weight is 334 g/mol. The zero-order valence-corrected chi connectivity index (χ0v) is 13.0. The molecule has 0 aliphatic carbocycles. The fourth-order valence-corrected chi connectivity index (χ4v) is 2.83. The third-order valence-corrected chi connectivity index (χ3v) is 4.04. The van der Waals surface area contributed by atoms with Crippen molar-refractivity contribution in [3.63, 3.8) is 0 Å². The molecule has 25 heavy (non-hydrogen) atoms. The molecule has 0 atom stereocenters. The Morgan fingerprint density at radius 1 is 0.680 bits per heavy atom. The van der Waals surface area contributed by atoms with Crippen molar-refractivity contribution in [1.82, 2.24) is 0 Å². The largest absolute Gasteiger partial charge is 0.455 e. The van der Waals surface area contributed by atoms with Gasteiger partial charge in [0, 0.05) is 5.56 Å². The van der Waals surface area contributed by atoms with Crippen LogP contribution in [0, 0.1) is 11.6 Å². The molecule has 1 aromatic heterocycles. The molecule has 0 N–H and O–H groups in total. The van der Waals surface area contributed by atoms with E-state index in [9.17, 15) is 13.6 Å². The van der Waals surface area contributed by atoms with Gasteiger partial charge in [-0.3, -0.25) is 4.79 Å². The lowest BCUT2D eigenvalue weighted by Crippen LogP contribution is -2.07. The number of benzene rings is 3. The lowest BCUT2D eigenvalue weighted by atomic mass is 9.98. The van der Waals surface area contributed by atoms with E-state index in [0.29, 0.717) is 33.4 Å². The van der Waals surface area contributed by atoms with Gasteiger partial charge in [0.2, 0.25) is 5.43 Å². The zero-order valence-electron chi connectivity index (χ0n) is 13.0. The molecular formula is C21H12F2O2. The SMILES string of the molecule is O=c1c(-c2ccc(F)cc2)c(-c2ccc(F)cc2)oc2ccccc12. The van der Waals surface area contributed by atoms with Crippen LogP contribution in [0.15, 0.2) is 82.0 Å². The smallest absolute Gasteiger partial charge is 0.201 e. The van der Waals surface area contributed by atoms with E-state index in [0.717, 1.165) is 0 Å².